The van der Waals surface area contributed by atoms with Crippen LogP contribution in [0.3, 0.4) is 0 Å². The summed E-state index contributed by atoms with van der Waals surface area (Å²) in [6.45, 7) is 13.0. The minimum Gasteiger partial charge on any atom is -0.492 e. The Morgan fingerprint density at radius 1 is 1.55 bits per heavy atom. The van der Waals surface area contributed by atoms with Crippen LogP contribution in [0.25, 0.3) is 5.57 Å². The molecule has 0 fully saturated rings. The van der Waals surface area contributed by atoms with Gasteiger partial charge in [-0.3, -0.25) is 4.99 Å². The molecule has 1 aliphatic heterocycles. The number of imidazole rings is 1. The first kappa shape index (κ1) is 14.0. The van der Waals surface area contributed by atoms with Crippen LogP contribution in [0.15, 0.2) is 35.1 Å². The molecule has 0 saturated carbocycles. The van der Waals surface area contributed by atoms with Crippen LogP contribution in [0.2, 0.25) is 0 Å². The Morgan fingerprint density at radius 2 is 2.30 bits per heavy atom. The number of rotatable bonds is 2. The Bertz CT molecular complexity index is 595. The van der Waals surface area contributed by atoms with E-state index in [1.54, 1.807) is 0 Å². The van der Waals surface area contributed by atoms with E-state index in [-0.39, 0.29) is 6.04 Å². The molecule has 0 bridgehead atoms. The van der Waals surface area contributed by atoms with Crippen molar-refractivity contribution >= 4 is 17.7 Å². The van der Waals surface area contributed by atoms with Crippen LogP contribution in [-0.4, -0.2) is 34.4 Å². The molecule has 1 aromatic rings. The van der Waals surface area contributed by atoms with Gasteiger partial charge in [0.25, 0.3) is 0 Å². The van der Waals surface area contributed by atoms with Crippen molar-refractivity contribution in [3.63, 3.8) is 0 Å². The van der Waals surface area contributed by atoms with Gasteiger partial charge in [0.1, 0.15) is 23.9 Å². The molecule has 0 aromatic carbocycles. The minimum atomic E-state index is 0.108. The quantitative estimate of drug-likeness (QED) is 0.656. The molecule has 0 saturated heterocycles. The molecule has 20 heavy (non-hydrogen) atoms. The average molecular weight is 273 g/mol. The molecular weight excluding hydrogens is 254 g/mol. The summed E-state index contributed by atoms with van der Waals surface area (Å²) in [7, 11) is 0. The fourth-order valence-corrected chi connectivity index (χ4v) is 1.89. The summed E-state index contributed by atoms with van der Waals surface area (Å²) in [5.74, 6) is 1.79. The van der Waals surface area contributed by atoms with Gasteiger partial charge in [-0.1, -0.05) is 13.2 Å². The third-order valence-electron chi connectivity index (χ3n) is 2.80. The van der Waals surface area contributed by atoms with Crippen molar-refractivity contribution in [2.75, 3.05) is 6.61 Å². The minimum absolute atomic E-state index is 0.108. The van der Waals surface area contributed by atoms with Gasteiger partial charge in [-0.2, -0.15) is 0 Å². The van der Waals surface area contributed by atoms with Crippen LogP contribution >= 0.6 is 0 Å². The molecule has 1 aromatic heterocycles. The Morgan fingerprint density at radius 3 is 2.95 bits per heavy atom. The molecule has 1 aliphatic rings. The second-order valence-corrected chi connectivity index (χ2v) is 4.72. The Kier molecular flexibility index (Phi) is 4.02. The number of fused-ring (bicyclic) bond motifs is 1. The van der Waals surface area contributed by atoms with E-state index in [0.29, 0.717) is 36.0 Å². The van der Waals surface area contributed by atoms with Gasteiger partial charge in [-0.15, -0.1) is 0 Å². The predicted octanol–water partition coefficient (Wildman–Crippen LogP) is 1.58. The second kappa shape index (κ2) is 5.73. The smallest absolute Gasteiger partial charge is 0.176 e. The summed E-state index contributed by atoms with van der Waals surface area (Å²) < 4.78 is 7.40. The highest BCUT2D eigenvalue weighted by Crippen LogP contribution is 2.24. The summed E-state index contributed by atoms with van der Waals surface area (Å²) in [6.07, 6.45) is 3.11. The van der Waals surface area contributed by atoms with Gasteiger partial charge in [0, 0.05) is 12.2 Å². The Balaban J connectivity index is 2.45. The zero-order chi connectivity index (χ0) is 14.7. The first-order valence-corrected chi connectivity index (χ1v) is 6.44. The maximum absolute atomic E-state index is 5.43. The van der Waals surface area contributed by atoms with Crippen LogP contribution < -0.4 is 5.73 Å². The van der Waals surface area contributed by atoms with E-state index in [0.717, 1.165) is 5.82 Å². The second-order valence-electron chi connectivity index (χ2n) is 4.72. The van der Waals surface area contributed by atoms with Gasteiger partial charge in [-0.25, -0.2) is 9.98 Å². The monoisotopic (exact) mass is 273 g/mol. The van der Waals surface area contributed by atoms with E-state index in [1.165, 1.54) is 6.34 Å². The highest BCUT2D eigenvalue weighted by Gasteiger charge is 2.19. The molecule has 0 spiro atoms. The lowest BCUT2D eigenvalue weighted by molar-refractivity contribution is 0.223. The number of allylic oxidation sites excluding steroid dienone is 1. The molecule has 0 atom stereocenters. The molecule has 2 N–H and O–H groups in total. The zero-order valence-corrected chi connectivity index (χ0v) is 11.8. The van der Waals surface area contributed by atoms with Gasteiger partial charge < -0.3 is 15.0 Å². The first-order valence-electron chi connectivity index (χ1n) is 6.44. The molecule has 2 heterocycles. The van der Waals surface area contributed by atoms with Crippen LogP contribution in [0.5, 0.6) is 0 Å². The number of hydrogen-bond donors (Lipinski definition) is 1. The zero-order valence-electron chi connectivity index (χ0n) is 11.8. The van der Waals surface area contributed by atoms with Crippen molar-refractivity contribution in [1.82, 2.24) is 9.55 Å². The van der Waals surface area contributed by atoms with E-state index in [2.05, 4.69) is 28.1 Å². The fourth-order valence-electron chi connectivity index (χ4n) is 1.89. The van der Waals surface area contributed by atoms with Gasteiger partial charge in [0.15, 0.2) is 5.84 Å². The standard InChI is InChI=1S/C14H19N5O/c1-9(2)17-13(16-8-15)12-7-19-5-6-20-11(4)10(3)14(19)18-12/h7-9H,3-6H2,1-2H3,(H2,15,16,17). The summed E-state index contributed by atoms with van der Waals surface area (Å²) in [6, 6.07) is 0.108. The van der Waals surface area contributed by atoms with Crippen molar-refractivity contribution in [1.29, 1.82) is 0 Å². The van der Waals surface area contributed by atoms with Crippen molar-refractivity contribution < 1.29 is 4.74 Å². The van der Waals surface area contributed by atoms with Crippen LogP contribution in [0, 0.1) is 0 Å². The molecular formula is C14H19N5O. The van der Waals surface area contributed by atoms with E-state index in [1.807, 2.05) is 24.6 Å². The van der Waals surface area contributed by atoms with E-state index >= 15 is 0 Å². The largest absolute Gasteiger partial charge is 0.492 e. The number of amidine groups is 1. The first-order chi connectivity index (χ1) is 9.52. The van der Waals surface area contributed by atoms with Crippen molar-refractivity contribution in [2.24, 2.45) is 15.7 Å². The summed E-state index contributed by atoms with van der Waals surface area (Å²) in [5, 5.41) is 0. The van der Waals surface area contributed by atoms with E-state index in [4.69, 9.17) is 10.5 Å². The van der Waals surface area contributed by atoms with Crippen LogP contribution in [-0.2, 0) is 11.3 Å². The van der Waals surface area contributed by atoms with Gasteiger partial charge in [-0.05, 0) is 13.8 Å². The SMILES string of the molecule is C=C1OCCn2cc(C(N=CN)=NC(C)C)nc2C1=C. The number of nitrogens with zero attached hydrogens (tertiary/aromatic N) is 4. The van der Waals surface area contributed by atoms with Crippen molar-refractivity contribution in [3.05, 3.63) is 36.6 Å². The van der Waals surface area contributed by atoms with Crippen LogP contribution in [0.1, 0.15) is 25.4 Å². The third kappa shape index (κ3) is 2.79. The lowest BCUT2D eigenvalue weighted by Gasteiger charge is -2.04. The Hall–Kier alpha value is -2.37. The van der Waals surface area contributed by atoms with Crippen molar-refractivity contribution in [2.45, 2.75) is 26.4 Å². The summed E-state index contributed by atoms with van der Waals surface area (Å²) >= 11 is 0. The molecule has 6 nitrogen and oxygen atoms in total. The lowest BCUT2D eigenvalue weighted by Crippen LogP contribution is -2.06. The molecule has 0 unspecified atom stereocenters. The summed E-state index contributed by atoms with van der Waals surface area (Å²) in [5.41, 5.74) is 6.73. The predicted molar refractivity (Wildman–Crippen MR) is 80.7 cm³/mol. The maximum Gasteiger partial charge on any atom is 0.176 e. The highest BCUT2D eigenvalue weighted by molar-refractivity contribution is 6.01. The summed E-state index contributed by atoms with van der Waals surface area (Å²) in [4.78, 5) is 13.1. The molecule has 0 amide bonds. The number of ether oxygens (including phenoxy) is 1. The maximum atomic E-state index is 5.43. The molecule has 0 radical (unpaired) electrons. The van der Waals surface area contributed by atoms with Gasteiger partial charge >= 0.3 is 0 Å². The van der Waals surface area contributed by atoms with E-state index in [9.17, 15) is 0 Å². The number of hydrogen-bond acceptors (Lipinski definition) is 3. The third-order valence-corrected chi connectivity index (χ3v) is 2.80. The number of aliphatic imine (C=N–C) groups is 2. The number of nitrogens with two attached hydrogens (primary N) is 1. The molecule has 0 aliphatic carbocycles. The normalized spacial score (nSPS) is 16.4. The van der Waals surface area contributed by atoms with Crippen LogP contribution in [0.4, 0.5) is 0 Å². The fraction of sp³-hybridized carbons (Fsp3) is 0.357. The number of aromatic nitrogens is 2. The molecule has 6 heteroatoms. The van der Waals surface area contributed by atoms with Crippen molar-refractivity contribution in [3.8, 4) is 0 Å². The van der Waals surface area contributed by atoms with E-state index < -0.39 is 0 Å². The van der Waals surface area contributed by atoms with Gasteiger partial charge in [0.05, 0.1) is 18.5 Å². The Labute approximate surface area is 118 Å². The lowest BCUT2D eigenvalue weighted by atomic mass is 10.2. The van der Waals surface area contributed by atoms with Gasteiger partial charge in [0.2, 0.25) is 0 Å². The topological polar surface area (TPSA) is 77.8 Å². The molecule has 106 valence electrons. The molecule has 2 rings (SSSR count). The highest BCUT2D eigenvalue weighted by atomic mass is 16.5. The average Bonchev–Trinajstić information content (AvgIpc) is 2.75.